The maximum Gasteiger partial charge on any atom is 0.0586 e. The molecule has 1 N–H and O–H groups in total. The van der Waals surface area contributed by atoms with Gasteiger partial charge in [0.05, 0.1) is 6.10 Å². The molecule has 1 aliphatic heterocycles. The third kappa shape index (κ3) is 3.69. The second kappa shape index (κ2) is 7.46. The number of nitrogens with zero attached hydrogens (tertiary/aromatic N) is 1. The lowest BCUT2D eigenvalue weighted by Crippen LogP contribution is -2.50. The lowest BCUT2D eigenvalue weighted by molar-refractivity contribution is 0.00888. The Bertz CT molecular complexity index is 229. The Balaban J connectivity index is 1.94. The van der Waals surface area contributed by atoms with Crippen LogP contribution in [0.4, 0.5) is 0 Å². The molecule has 0 aromatic carbocycles. The average Bonchev–Trinajstić information content (AvgIpc) is 2.46. The van der Waals surface area contributed by atoms with Crippen LogP contribution in [0.2, 0.25) is 0 Å². The zero-order valence-electron chi connectivity index (χ0n) is 12.2. The molecule has 3 heteroatoms. The van der Waals surface area contributed by atoms with Crippen LogP contribution in [-0.4, -0.2) is 49.8 Å². The quantitative estimate of drug-likeness (QED) is 0.815. The molecule has 2 unspecified atom stereocenters. The molecular weight excluding hydrogens is 224 g/mol. The van der Waals surface area contributed by atoms with Gasteiger partial charge in [-0.05, 0) is 64.6 Å². The second-order valence-electron chi connectivity index (χ2n) is 5.90. The van der Waals surface area contributed by atoms with E-state index in [1.807, 2.05) is 7.11 Å². The molecular formula is C15H30N2O. The fourth-order valence-electron chi connectivity index (χ4n) is 3.70. The molecule has 2 fully saturated rings. The Labute approximate surface area is 112 Å². The number of nitrogens with one attached hydrogen (secondary N) is 1. The van der Waals surface area contributed by atoms with E-state index in [0.29, 0.717) is 6.10 Å². The molecule has 0 spiro atoms. The minimum atomic E-state index is 0.504. The van der Waals surface area contributed by atoms with E-state index in [1.54, 1.807) is 0 Å². The first-order valence-electron chi connectivity index (χ1n) is 7.84. The van der Waals surface area contributed by atoms with Crippen molar-refractivity contribution in [2.75, 3.05) is 26.7 Å². The average molecular weight is 254 g/mol. The maximum absolute atomic E-state index is 5.60. The monoisotopic (exact) mass is 254 g/mol. The van der Waals surface area contributed by atoms with Crippen molar-refractivity contribution in [3.63, 3.8) is 0 Å². The number of hydrogen-bond donors (Lipinski definition) is 1. The summed E-state index contributed by atoms with van der Waals surface area (Å²) in [5.74, 6) is 0. The van der Waals surface area contributed by atoms with Crippen LogP contribution in [0.1, 0.15) is 51.9 Å². The topological polar surface area (TPSA) is 24.5 Å². The molecule has 1 saturated heterocycles. The highest BCUT2D eigenvalue weighted by Gasteiger charge is 2.31. The number of rotatable bonds is 5. The molecule has 0 aromatic heterocycles. The van der Waals surface area contributed by atoms with Crippen molar-refractivity contribution in [2.24, 2.45) is 0 Å². The van der Waals surface area contributed by atoms with E-state index in [4.69, 9.17) is 4.74 Å². The van der Waals surface area contributed by atoms with Crippen molar-refractivity contribution in [3.05, 3.63) is 0 Å². The molecule has 0 aromatic rings. The zero-order valence-corrected chi connectivity index (χ0v) is 12.2. The lowest BCUT2D eigenvalue weighted by atomic mass is 9.89. The summed E-state index contributed by atoms with van der Waals surface area (Å²) in [5.41, 5.74) is 0. The van der Waals surface area contributed by atoms with Crippen LogP contribution >= 0.6 is 0 Å². The Morgan fingerprint density at radius 3 is 2.56 bits per heavy atom. The van der Waals surface area contributed by atoms with Gasteiger partial charge in [0.15, 0.2) is 0 Å². The van der Waals surface area contributed by atoms with Gasteiger partial charge in [-0.1, -0.05) is 6.92 Å². The predicted octanol–water partition coefficient (Wildman–Crippen LogP) is 2.41. The summed E-state index contributed by atoms with van der Waals surface area (Å²) < 4.78 is 5.60. The van der Waals surface area contributed by atoms with Crippen molar-refractivity contribution >= 4 is 0 Å². The SMILES string of the molecule is CCCN(C1CCNCC1)C1CCCC(OC)C1. The van der Waals surface area contributed by atoms with E-state index in [0.717, 1.165) is 12.1 Å². The van der Waals surface area contributed by atoms with Crippen molar-refractivity contribution in [2.45, 2.75) is 70.1 Å². The van der Waals surface area contributed by atoms with Gasteiger partial charge in [0.25, 0.3) is 0 Å². The van der Waals surface area contributed by atoms with E-state index >= 15 is 0 Å². The summed E-state index contributed by atoms with van der Waals surface area (Å²) in [4.78, 5) is 2.81. The summed E-state index contributed by atoms with van der Waals surface area (Å²) in [5, 5.41) is 3.48. The number of hydrogen-bond acceptors (Lipinski definition) is 3. The molecule has 1 saturated carbocycles. The molecule has 0 amide bonds. The number of methoxy groups -OCH3 is 1. The van der Waals surface area contributed by atoms with Crippen LogP contribution in [0.15, 0.2) is 0 Å². The molecule has 0 radical (unpaired) electrons. The van der Waals surface area contributed by atoms with E-state index in [2.05, 4.69) is 17.1 Å². The van der Waals surface area contributed by atoms with Crippen molar-refractivity contribution in [3.8, 4) is 0 Å². The summed E-state index contributed by atoms with van der Waals surface area (Å²) in [6.07, 6.45) is 9.67. The highest BCUT2D eigenvalue weighted by atomic mass is 16.5. The first-order valence-corrected chi connectivity index (χ1v) is 7.84. The Morgan fingerprint density at radius 2 is 1.89 bits per heavy atom. The third-order valence-corrected chi connectivity index (χ3v) is 4.66. The summed E-state index contributed by atoms with van der Waals surface area (Å²) in [7, 11) is 1.88. The molecule has 1 heterocycles. The summed E-state index contributed by atoms with van der Waals surface area (Å²) in [6.45, 7) is 5.98. The third-order valence-electron chi connectivity index (χ3n) is 4.66. The molecule has 1 aliphatic carbocycles. The van der Waals surface area contributed by atoms with Gasteiger partial charge >= 0.3 is 0 Å². The molecule has 18 heavy (non-hydrogen) atoms. The second-order valence-corrected chi connectivity index (χ2v) is 5.90. The Kier molecular flexibility index (Phi) is 5.93. The normalized spacial score (nSPS) is 30.8. The van der Waals surface area contributed by atoms with Crippen LogP contribution in [-0.2, 0) is 4.74 Å². The van der Waals surface area contributed by atoms with Crippen LogP contribution in [0, 0.1) is 0 Å². The van der Waals surface area contributed by atoms with Crippen molar-refractivity contribution in [1.29, 1.82) is 0 Å². The zero-order chi connectivity index (χ0) is 12.8. The van der Waals surface area contributed by atoms with E-state index in [9.17, 15) is 0 Å². The standard InChI is InChI=1S/C15H30N2O/c1-3-11-17(13-7-9-16-10-8-13)14-5-4-6-15(12-14)18-2/h13-16H,3-12H2,1-2H3. The smallest absolute Gasteiger partial charge is 0.0586 e. The number of ether oxygens (including phenoxy) is 1. The molecule has 2 rings (SSSR count). The fourth-order valence-corrected chi connectivity index (χ4v) is 3.70. The number of piperidine rings is 1. The minimum Gasteiger partial charge on any atom is -0.381 e. The minimum absolute atomic E-state index is 0.504. The first-order chi connectivity index (χ1) is 8.85. The van der Waals surface area contributed by atoms with Crippen molar-refractivity contribution < 1.29 is 4.74 Å². The molecule has 3 nitrogen and oxygen atoms in total. The predicted molar refractivity (Wildman–Crippen MR) is 75.9 cm³/mol. The van der Waals surface area contributed by atoms with Gasteiger partial charge < -0.3 is 10.1 Å². The van der Waals surface area contributed by atoms with Gasteiger partial charge in [-0.15, -0.1) is 0 Å². The van der Waals surface area contributed by atoms with Gasteiger partial charge in [0.1, 0.15) is 0 Å². The van der Waals surface area contributed by atoms with Crippen molar-refractivity contribution in [1.82, 2.24) is 10.2 Å². The highest BCUT2D eigenvalue weighted by molar-refractivity contribution is 4.87. The van der Waals surface area contributed by atoms with E-state index in [-0.39, 0.29) is 0 Å². The molecule has 106 valence electrons. The van der Waals surface area contributed by atoms with Gasteiger partial charge in [-0.3, -0.25) is 4.90 Å². The lowest BCUT2D eigenvalue weighted by Gasteiger charge is -2.43. The first kappa shape index (κ1) is 14.3. The summed E-state index contributed by atoms with van der Waals surface area (Å²) >= 11 is 0. The molecule has 0 bridgehead atoms. The maximum atomic E-state index is 5.60. The van der Waals surface area contributed by atoms with Crippen LogP contribution in [0.3, 0.4) is 0 Å². The Hall–Kier alpha value is -0.120. The van der Waals surface area contributed by atoms with Gasteiger partial charge in [0.2, 0.25) is 0 Å². The van der Waals surface area contributed by atoms with E-state index in [1.165, 1.54) is 64.6 Å². The van der Waals surface area contributed by atoms with Gasteiger partial charge in [-0.2, -0.15) is 0 Å². The largest absolute Gasteiger partial charge is 0.381 e. The summed E-state index contributed by atoms with van der Waals surface area (Å²) in [6, 6.07) is 1.58. The van der Waals surface area contributed by atoms with Crippen LogP contribution in [0.25, 0.3) is 0 Å². The van der Waals surface area contributed by atoms with Crippen LogP contribution < -0.4 is 5.32 Å². The van der Waals surface area contributed by atoms with E-state index < -0.39 is 0 Å². The fraction of sp³-hybridized carbons (Fsp3) is 1.00. The highest BCUT2D eigenvalue weighted by Crippen LogP contribution is 2.28. The van der Waals surface area contributed by atoms with Gasteiger partial charge in [0, 0.05) is 19.2 Å². The molecule has 2 atom stereocenters. The molecule has 2 aliphatic rings. The van der Waals surface area contributed by atoms with Crippen LogP contribution in [0.5, 0.6) is 0 Å². The Morgan fingerprint density at radius 1 is 1.11 bits per heavy atom. The van der Waals surface area contributed by atoms with Gasteiger partial charge in [-0.25, -0.2) is 0 Å².